The first-order valence-electron chi connectivity index (χ1n) is 5.66. The van der Waals surface area contributed by atoms with Crippen LogP contribution in [-0.2, 0) is 0 Å². The maximum atomic E-state index is 11.9. The topological polar surface area (TPSA) is 117 Å². The Morgan fingerprint density at radius 2 is 1.80 bits per heavy atom. The smallest absolute Gasteiger partial charge is 0.316 e. The number of hydrogen-bond donors (Lipinski definition) is 4. The third kappa shape index (κ3) is 3.45. The molecule has 102 valence electrons. The van der Waals surface area contributed by atoms with Crippen molar-refractivity contribution in [1.29, 1.82) is 0 Å². The van der Waals surface area contributed by atoms with Gasteiger partial charge in [0.1, 0.15) is 5.75 Å². The van der Waals surface area contributed by atoms with Gasteiger partial charge in [-0.1, -0.05) is 6.07 Å². The number of aromatic hydroxyl groups is 1. The number of hydrogen-bond acceptors (Lipinski definition) is 4. The molecule has 0 aliphatic heterocycles. The van der Waals surface area contributed by atoms with E-state index in [1.807, 2.05) is 0 Å². The zero-order chi connectivity index (χ0) is 14.5. The summed E-state index contributed by atoms with van der Waals surface area (Å²) in [5, 5.41) is 14.3. The lowest BCUT2D eigenvalue weighted by Gasteiger charge is -2.07. The minimum Gasteiger partial charge on any atom is -0.506 e. The number of anilines is 2. The van der Waals surface area contributed by atoms with Gasteiger partial charge in [0, 0.05) is 17.6 Å². The largest absolute Gasteiger partial charge is 0.506 e. The third-order valence-corrected chi connectivity index (χ3v) is 2.37. The van der Waals surface area contributed by atoms with Crippen molar-refractivity contribution in [3.8, 4) is 5.75 Å². The van der Waals surface area contributed by atoms with Gasteiger partial charge in [-0.15, -0.1) is 0 Å². The Bertz CT molecular complexity index is 658. The van der Waals surface area contributed by atoms with E-state index in [2.05, 4.69) is 15.6 Å². The summed E-state index contributed by atoms with van der Waals surface area (Å²) in [4.78, 5) is 26.4. The van der Waals surface area contributed by atoms with Gasteiger partial charge in [0.05, 0.1) is 11.8 Å². The number of urea groups is 1. The molecule has 2 rings (SSSR count). The molecule has 7 heteroatoms. The maximum absolute atomic E-state index is 11.9. The standard InChI is InChI=1S/C13H12N4O3/c14-13(20)17-10-3-1-2-9(5-10)16-12(19)8-4-11(18)7-15-6-8/h1-7,18H,(H,16,19)(H3,14,17,20). The normalized spacial score (nSPS) is 9.80. The number of rotatable bonds is 3. The molecule has 0 radical (unpaired) electrons. The lowest BCUT2D eigenvalue weighted by molar-refractivity contribution is 0.102. The number of nitrogens with zero attached hydrogens (tertiary/aromatic N) is 1. The van der Waals surface area contributed by atoms with E-state index in [4.69, 9.17) is 5.73 Å². The van der Waals surface area contributed by atoms with E-state index in [1.165, 1.54) is 18.5 Å². The first-order valence-corrected chi connectivity index (χ1v) is 5.66. The molecular weight excluding hydrogens is 260 g/mol. The van der Waals surface area contributed by atoms with Crippen molar-refractivity contribution in [3.63, 3.8) is 0 Å². The average molecular weight is 272 g/mol. The Morgan fingerprint density at radius 3 is 2.45 bits per heavy atom. The van der Waals surface area contributed by atoms with E-state index in [-0.39, 0.29) is 11.3 Å². The van der Waals surface area contributed by atoms with Crippen LogP contribution in [0.2, 0.25) is 0 Å². The quantitative estimate of drug-likeness (QED) is 0.677. The highest BCUT2D eigenvalue weighted by Crippen LogP contribution is 2.16. The Hall–Kier alpha value is -3.09. The van der Waals surface area contributed by atoms with Crippen LogP contribution < -0.4 is 16.4 Å². The van der Waals surface area contributed by atoms with Crippen molar-refractivity contribution in [2.75, 3.05) is 10.6 Å². The van der Waals surface area contributed by atoms with Gasteiger partial charge in [-0.25, -0.2) is 4.79 Å². The average Bonchev–Trinajstić information content (AvgIpc) is 2.38. The van der Waals surface area contributed by atoms with Gasteiger partial charge in [-0.2, -0.15) is 0 Å². The van der Waals surface area contributed by atoms with Crippen molar-refractivity contribution in [1.82, 2.24) is 4.98 Å². The Kier molecular flexibility index (Phi) is 3.80. The maximum Gasteiger partial charge on any atom is 0.316 e. The van der Waals surface area contributed by atoms with E-state index < -0.39 is 11.9 Å². The molecule has 2 aromatic rings. The molecule has 7 nitrogen and oxygen atoms in total. The van der Waals surface area contributed by atoms with Crippen LogP contribution in [0.15, 0.2) is 42.7 Å². The predicted molar refractivity (Wildman–Crippen MR) is 73.5 cm³/mol. The van der Waals surface area contributed by atoms with Crippen LogP contribution in [-0.4, -0.2) is 22.0 Å². The second-order valence-corrected chi connectivity index (χ2v) is 3.96. The number of amides is 3. The molecule has 0 saturated carbocycles. The fourth-order valence-electron chi connectivity index (χ4n) is 1.57. The highest BCUT2D eigenvalue weighted by molar-refractivity contribution is 6.04. The Labute approximate surface area is 114 Å². The van der Waals surface area contributed by atoms with E-state index in [1.54, 1.807) is 24.3 Å². The molecule has 0 fully saturated rings. The molecule has 3 amide bonds. The molecular formula is C13H12N4O3. The Balaban J connectivity index is 2.13. The van der Waals surface area contributed by atoms with Gasteiger partial charge in [0.2, 0.25) is 0 Å². The lowest BCUT2D eigenvalue weighted by Crippen LogP contribution is -2.19. The molecule has 0 atom stereocenters. The lowest BCUT2D eigenvalue weighted by atomic mass is 10.2. The fraction of sp³-hybridized carbons (Fsp3) is 0. The minimum atomic E-state index is -0.689. The molecule has 1 heterocycles. The van der Waals surface area contributed by atoms with Crippen LogP contribution in [0.3, 0.4) is 0 Å². The van der Waals surface area contributed by atoms with E-state index in [9.17, 15) is 14.7 Å². The monoisotopic (exact) mass is 272 g/mol. The first-order chi connectivity index (χ1) is 9.54. The zero-order valence-electron chi connectivity index (χ0n) is 10.3. The molecule has 0 saturated heterocycles. The second kappa shape index (κ2) is 5.70. The van der Waals surface area contributed by atoms with Crippen LogP contribution in [0, 0.1) is 0 Å². The number of benzene rings is 1. The van der Waals surface area contributed by atoms with E-state index >= 15 is 0 Å². The zero-order valence-corrected chi connectivity index (χ0v) is 10.3. The van der Waals surface area contributed by atoms with Gasteiger partial charge >= 0.3 is 6.03 Å². The molecule has 0 bridgehead atoms. The number of nitrogens with one attached hydrogen (secondary N) is 2. The molecule has 5 N–H and O–H groups in total. The summed E-state index contributed by atoms with van der Waals surface area (Å²) < 4.78 is 0. The first kappa shape index (κ1) is 13.3. The van der Waals surface area contributed by atoms with Crippen LogP contribution in [0.5, 0.6) is 5.75 Å². The van der Waals surface area contributed by atoms with E-state index in [0.717, 1.165) is 0 Å². The summed E-state index contributed by atoms with van der Waals surface area (Å²) in [6.07, 6.45) is 2.56. The van der Waals surface area contributed by atoms with Crippen molar-refractivity contribution < 1.29 is 14.7 Å². The molecule has 0 unspecified atom stereocenters. The summed E-state index contributed by atoms with van der Waals surface area (Å²) in [6.45, 7) is 0. The highest BCUT2D eigenvalue weighted by atomic mass is 16.3. The molecule has 0 aliphatic carbocycles. The van der Waals surface area contributed by atoms with Gasteiger partial charge in [0.15, 0.2) is 0 Å². The van der Waals surface area contributed by atoms with Crippen molar-refractivity contribution >= 4 is 23.3 Å². The number of pyridine rings is 1. The van der Waals surface area contributed by atoms with Crippen LogP contribution in [0.1, 0.15) is 10.4 Å². The summed E-state index contributed by atoms with van der Waals surface area (Å²) in [5.41, 5.74) is 6.17. The molecule has 0 spiro atoms. The van der Waals surface area contributed by atoms with E-state index in [0.29, 0.717) is 11.4 Å². The number of carbonyl (C=O) groups excluding carboxylic acids is 2. The summed E-state index contributed by atoms with van der Waals surface area (Å²) >= 11 is 0. The molecule has 20 heavy (non-hydrogen) atoms. The highest BCUT2D eigenvalue weighted by Gasteiger charge is 2.08. The second-order valence-electron chi connectivity index (χ2n) is 3.96. The van der Waals surface area contributed by atoms with Crippen molar-refractivity contribution in [2.45, 2.75) is 0 Å². The number of primary amides is 1. The minimum absolute atomic E-state index is 0.0956. The summed E-state index contributed by atoms with van der Waals surface area (Å²) in [5.74, 6) is -0.522. The molecule has 1 aromatic heterocycles. The van der Waals surface area contributed by atoms with Crippen molar-refractivity contribution in [2.24, 2.45) is 5.73 Å². The molecule has 1 aromatic carbocycles. The van der Waals surface area contributed by atoms with Crippen LogP contribution in [0.25, 0.3) is 0 Å². The SMILES string of the molecule is NC(=O)Nc1cccc(NC(=O)c2cncc(O)c2)c1. The van der Waals surface area contributed by atoms with Crippen LogP contribution in [0.4, 0.5) is 16.2 Å². The van der Waals surface area contributed by atoms with Crippen molar-refractivity contribution in [3.05, 3.63) is 48.3 Å². The van der Waals surface area contributed by atoms with Gasteiger partial charge in [-0.05, 0) is 24.3 Å². The third-order valence-electron chi connectivity index (χ3n) is 2.37. The predicted octanol–water partition coefficient (Wildman–Crippen LogP) is 1.53. The number of nitrogens with two attached hydrogens (primary N) is 1. The summed E-state index contributed by atoms with van der Waals surface area (Å²) in [6, 6.07) is 7.11. The number of carbonyl (C=O) groups is 2. The fourth-order valence-corrected chi connectivity index (χ4v) is 1.57. The summed E-state index contributed by atoms with van der Waals surface area (Å²) in [7, 11) is 0. The van der Waals surface area contributed by atoms with Gasteiger partial charge < -0.3 is 21.5 Å². The van der Waals surface area contributed by atoms with Gasteiger partial charge in [-0.3, -0.25) is 9.78 Å². The van der Waals surface area contributed by atoms with Gasteiger partial charge in [0.25, 0.3) is 5.91 Å². The molecule has 0 aliphatic rings. The Morgan fingerprint density at radius 1 is 1.10 bits per heavy atom. The number of aromatic nitrogens is 1. The van der Waals surface area contributed by atoms with Crippen LogP contribution >= 0.6 is 0 Å².